The molecule has 2 rings (SSSR count). The van der Waals surface area contributed by atoms with Crippen LogP contribution < -0.4 is 4.90 Å². The molecule has 0 atom stereocenters. The minimum absolute atomic E-state index is 0.0922. The summed E-state index contributed by atoms with van der Waals surface area (Å²) in [5.74, 6) is 0.447. The Balaban J connectivity index is 2.29. The Labute approximate surface area is 99.2 Å². The lowest BCUT2D eigenvalue weighted by molar-refractivity contribution is 0.277. The largest absolute Gasteiger partial charge is 0.390 e. The average Bonchev–Trinajstić information content (AvgIpc) is 2.39. The van der Waals surface area contributed by atoms with E-state index in [4.69, 9.17) is 5.11 Å². The maximum absolute atomic E-state index is 12.8. The third-order valence-electron chi connectivity index (χ3n) is 2.51. The van der Waals surface area contributed by atoms with Gasteiger partial charge in [0.2, 0.25) is 0 Å². The van der Waals surface area contributed by atoms with Crippen LogP contribution >= 0.6 is 0 Å². The van der Waals surface area contributed by atoms with Crippen molar-refractivity contribution in [1.29, 1.82) is 0 Å². The van der Waals surface area contributed by atoms with E-state index >= 15 is 0 Å². The predicted octanol–water partition coefficient (Wildman–Crippen LogP) is 2.48. The second-order valence-corrected chi connectivity index (χ2v) is 3.68. The predicted molar refractivity (Wildman–Crippen MR) is 64.6 cm³/mol. The standard InChI is InChI=1S/C13H13FN2O/c1-16(12-7-5-10(14)6-8-12)13-4-2-3-11(9-17)15-13/h2-8,17H,9H2,1H3. The smallest absolute Gasteiger partial charge is 0.133 e. The molecule has 88 valence electrons. The second-order valence-electron chi connectivity index (χ2n) is 3.68. The summed E-state index contributed by atoms with van der Waals surface area (Å²) in [7, 11) is 1.84. The van der Waals surface area contributed by atoms with E-state index in [2.05, 4.69) is 4.98 Å². The van der Waals surface area contributed by atoms with Gasteiger partial charge >= 0.3 is 0 Å². The van der Waals surface area contributed by atoms with Gasteiger partial charge in [-0.05, 0) is 36.4 Å². The highest BCUT2D eigenvalue weighted by atomic mass is 19.1. The van der Waals surface area contributed by atoms with Crippen LogP contribution in [0.3, 0.4) is 0 Å². The molecule has 0 aliphatic heterocycles. The molecule has 3 nitrogen and oxygen atoms in total. The van der Waals surface area contributed by atoms with E-state index in [0.717, 1.165) is 5.69 Å². The molecule has 0 radical (unpaired) electrons. The number of nitrogens with zero attached hydrogens (tertiary/aromatic N) is 2. The molecule has 0 unspecified atom stereocenters. The van der Waals surface area contributed by atoms with E-state index in [-0.39, 0.29) is 12.4 Å². The Hall–Kier alpha value is -1.94. The van der Waals surface area contributed by atoms with Crippen molar-refractivity contribution < 1.29 is 9.50 Å². The molecule has 0 amide bonds. The quantitative estimate of drug-likeness (QED) is 0.883. The normalized spacial score (nSPS) is 10.3. The number of halogens is 1. The number of anilines is 2. The summed E-state index contributed by atoms with van der Waals surface area (Å²) in [6, 6.07) is 11.6. The molecule has 0 aliphatic rings. The van der Waals surface area contributed by atoms with Crippen molar-refractivity contribution in [3.05, 3.63) is 54.0 Å². The van der Waals surface area contributed by atoms with Crippen LogP contribution in [-0.4, -0.2) is 17.1 Å². The first-order chi connectivity index (χ1) is 8.20. The van der Waals surface area contributed by atoms with Crippen LogP contribution in [-0.2, 0) is 6.61 Å². The highest BCUT2D eigenvalue weighted by molar-refractivity contribution is 5.58. The van der Waals surface area contributed by atoms with Crippen molar-refractivity contribution in [3.63, 3.8) is 0 Å². The highest BCUT2D eigenvalue weighted by Crippen LogP contribution is 2.21. The van der Waals surface area contributed by atoms with Crippen LogP contribution in [0.4, 0.5) is 15.9 Å². The number of benzene rings is 1. The maximum Gasteiger partial charge on any atom is 0.133 e. The van der Waals surface area contributed by atoms with E-state index in [1.807, 2.05) is 24.1 Å². The van der Waals surface area contributed by atoms with Crippen molar-refractivity contribution in [2.45, 2.75) is 6.61 Å². The molecule has 1 heterocycles. The number of aromatic nitrogens is 1. The summed E-state index contributed by atoms with van der Waals surface area (Å²) in [6.07, 6.45) is 0. The Morgan fingerprint density at radius 1 is 1.18 bits per heavy atom. The summed E-state index contributed by atoms with van der Waals surface area (Å²) in [4.78, 5) is 6.10. The van der Waals surface area contributed by atoms with Crippen LogP contribution in [0.25, 0.3) is 0 Å². The minimum Gasteiger partial charge on any atom is -0.390 e. The molecule has 0 saturated heterocycles. The van der Waals surface area contributed by atoms with Gasteiger partial charge in [0.15, 0.2) is 0 Å². The van der Waals surface area contributed by atoms with Crippen LogP contribution in [0.5, 0.6) is 0 Å². The molecule has 4 heteroatoms. The Bertz CT molecular complexity index is 499. The Morgan fingerprint density at radius 2 is 1.88 bits per heavy atom. The summed E-state index contributed by atoms with van der Waals surface area (Å²) in [5.41, 5.74) is 1.45. The molecule has 0 fully saturated rings. The molecule has 2 aromatic rings. The maximum atomic E-state index is 12.8. The van der Waals surface area contributed by atoms with E-state index in [1.54, 1.807) is 18.2 Å². The molecule has 1 aromatic carbocycles. The van der Waals surface area contributed by atoms with Gasteiger partial charge in [0, 0.05) is 12.7 Å². The number of aliphatic hydroxyl groups excluding tert-OH is 1. The Kier molecular flexibility index (Phi) is 3.35. The molecule has 0 aliphatic carbocycles. The van der Waals surface area contributed by atoms with Gasteiger partial charge in [-0.1, -0.05) is 6.07 Å². The summed E-state index contributed by atoms with van der Waals surface area (Å²) in [5, 5.41) is 9.02. The molecule has 0 spiro atoms. The first-order valence-corrected chi connectivity index (χ1v) is 5.27. The van der Waals surface area contributed by atoms with E-state index < -0.39 is 0 Å². The van der Waals surface area contributed by atoms with E-state index in [0.29, 0.717) is 11.5 Å². The van der Waals surface area contributed by atoms with Crippen LogP contribution in [0, 0.1) is 5.82 Å². The fourth-order valence-corrected chi connectivity index (χ4v) is 1.54. The summed E-state index contributed by atoms with van der Waals surface area (Å²) < 4.78 is 12.8. The first-order valence-electron chi connectivity index (χ1n) is 5.27. The van der Waals surface area contributed by atoms with Crippen molar-refractivity contribution in [3.8, 4) is 0 Å². The molecule has 0 bridgehead atoms. The Morgan fingerprint density at radius 3 is 2.53 bits per heavy atom. The molecule has 1 aromatic heterocycles. The van der Waals surface area contributed by atoms with Gasteiger partial charge in [-0.2, -0.15) is 0 Å². The number of hydrogen-bond acceptors (Lipinski definition) is 3. The van der Waals surface area contributed by atoms with E-state index in [1.165, 1.54) is 12.1 Å². The number of rotatable bonds is 3. The van der Waals surface area contributed by atoms with Gasteiger partial charge in [-0.3, -0.25) is 0 Å². The summed E-state index contributed by atoms with van der Waals surface area (Å²) in [6.45, 7) is -0.0922. The summed E-state index contributed by atoms with van der Waals surface area (Å²) >= 11 is 0. The fraction of sp³-hybridized carbons (Fsp3) is 0.154. The van der Waals surface area contributed by atoms with Gasteiger partial charge in [0.1, 0.15) is 11.6 Å². The molecule has 0 saturated carbocycles. The van der Waals surface area contributed by atoms with Gasteiger partial charge in [0.05, 0.1) is 12.3 Å². The number of pyridine rings is 1. The van der Waals surface area contributed by atoms with Crippen molar-refractivity contribution >= 4 is 11.5 Å². The lowest BCUT2D eigenvalue weighted by atomic mass is 10.3. The molecule has 1 N–H and O–H groups in total. The lowest BCUT2D eigenvalue weighted by Crippen LogP contribution is -2.11. The fourth-order valence-electron chi connectivity index (χ4n) is 1.54. The number of aliphatic hydroxyl groups is 1. The van der Waals surface area contributed by atoms with Gasteiger partial charge in [-0.25, -0.2) is 9.37 Å². The van der Waals surface area contributed by atoms with Gasteiger partial charge < -0.3 is 10.0 Å². The third kappa shape index (κ3) is 2.60. The average molecular weight is 232 g/mol. The molecular formula is C13H13FN2O. The SMILES string of the molecule is CN(c1ccc(F)cc1)c1cccc(CO)n1. The first kappa shape index (κ1) is 11.5. The second kappa shape index (κ2) is 4.93. The molecule has 17 heavy (non-hydrogen) atoms. The zero-order valence-electron chi connectivity index (χ0n) is 9.47. The van der Waals surface area contributed by atoms with Crippen molar-refractivity contribution in [2.24, 2.45) is 0 Å². The number of hydrogen-bond donors (Lipinski definition) is 1. The van der Waals surface area contributed by atoms with Crippen LogP contribution in [0.1, 0.15) is 5.69 Å². The van der Waals surface area contributed by atoms with Crippen LogP contribution in [0.15, 0.2) is 42.5 Å². The van der Waals surface area contributed by atoms with Crippen LogP contribution in [0.2, 0.25) is 0 Å². The van der Waals surface area contributed by atoms with Gasteiger partial charge in [-0.15, -0.1) is 0 Å². The van der Waals surface area contributed by atoms with Crippen molar-refractivity contribution in [1.82, 2.24) is 4.98 Å². The van der Waals surface area contributed by atoms with Gasteiger partial charge in [0.25, 0.3) is 0 Å². The molecular weight excluding hydrogens is 219 g/mol. The minimum atomic E-state index is -0.265. The zero-order chi connectivity index (χ0) is 12.3. The monoisotopic (exact) mass is 232 g/mol. The zero-order valence-corrected chi connectivity index (χ0v) is 9.47. The van der Waals surface area contributed by atoms with E-state index in [9.17, 15) is 4.39 Å². The highest BCUT2D eigenvalue weighted by Gasteiger charge is 2.05. The lowest BCUT2D eigenvalue weighted by Gasteiger charge is -2.18. The van der Waals surface area contributed by atoms with Crippen molar-refractivity contribution in [2.75, 3.05) is 11.9 Å². The third-order valence-corrected chi connectivity index (χ3v) is 2.51. The topological polar surface area (TPSA) is 36.4 Å².